The van der Waals surface area contributed by atoms with E-state index in [-0.39, 0.29) is 12.1 Å². The number of nitro benzene ring substituents is 1. The molecule has 0 fully saturated rings. The van der Waals surface area contributed by atoms with Crippen LogP contribution in [0.1, 0.15) is 11.3 Å². The number of carbonyl (C=O) groups is 1. The molecule has 0 saturated heterocycles. The molecule has 0 aliphatic heterocycles. The van der Waals surface area contributed by atoms with Crippen molar-refractivity contribution in [2.24, 2.45) is 0 Å². The van der Waals surface area contributed by atoms with Crippen molar-refractivity contribution in [1.82, 2.24) is 9.78 Å². The van der Waals surface area contributed by atoms with Crippen molar-refractivity contribution >= 4 is 11.7 Å². The van der Waals surface area contributed by atoms with Crippen molar-refractivity contribution in [2.75, 3.05) is 0 Å². The van der Waals surface area contributed by atoms with Gasteiger partial charge < -0.3 is 5.11 Å². The molecule has 0 unspecified atom stereocenters. The molecule has 0 aliphatic carbocycles. The number of aliphatic carboxylic acids is 1. The Labute approximate surface area is 108 Å². The molecule has 7 heteroatoms. The first kappa shape index (κ1) is 12.7. The number of carboxylic acid groups (broad SMARTS) is 1. The molecule has 7 nitrogen and oxygen atoms in total. The van der Waals surface area contributed by atoms with Gasteiger partial charge in [0, 0.05) is 23.9 Å². The van der Waals surface area contributed by atoms with Gasteiger partial charge in [0.05, 0.1) is 22.7 Å². The van der Waals surface area contributed by atoms with E-state index in [0.717, 1.165) is 0 Å². The molecule has 1 N–H and O–H groups in total. The van der Waals surface area contributed by atoms with Crippen molar-refractivity contribution in [3.63, 3.8) is 0 Å². The Morgan fingerprint density at radius 3 is 2.58 bits per heavy atom. The maximum absolute atomic E-state index is 10.7. The van der Waals surface area contributed by atoms with Crippen LogP contribution in [0.4, 0.5) is 5.69 Å². The second-order valence-corrected chi connectivity index (χ2v) is 4.03. The summed E-state index contributed by atoms with van der Waals surface area (Å²) < 4.78 is 1.51. The van der Waals surface area contributed by atoms with Gasteiger partial charge in [-0.3, -0.25) is 14.9 Å². The maximum atomic E-state index is 10.7. The van der Waals surface area contributed by atoms with Gasteiger partial charge in [0.25, 0.3) is 5.69 Å². The van der Waals surface area contributed by atoms with Crippen molar-refractivity contribution in [1.29, 1.82) is 0 Å². The lowest BCUT2D eigenvalue weighted by Crippen LogP contribution is -2.00. The number of hydrogen-bond donors (Lipinski definition) is 1. The number of nitro groups is 1. The van der Waals surface area contributed by atoms with E-state index >= 15 is 0 Å². The Balaban J connectivity index is 2.31. The van der Waals surface area contributed by atoms with E-state index in [1.54, 1.807) is 25.3 Å². The number of hydrogen-bond acceptors (Lipinski definition) is 4. The van der Waals surface area contributed by atoms with E-state index in [4.69, 9.17) is 5.11 Å². The van der Waals surface area contributed by atoms with Crippen LogP contribution in [-0.2, 0) is 11.2 Å². The fraction of sp³-hybridized carbons (Fsp3) is 0.167. The highest BCUT2D eigenvalue weighted by molar-refractivity contribution is 5.70. The minimum Gasteiger partial charge on any atom is -0.481 e. The number of non-ortho nitro benzene ring substituents is 1. The minimum absolute atomic E-state index is 0.00149. The number of carboxylic acids is 1. The average Bonchev–Trinajstić information content (AvgIpc) is 2.70. The van der Waals surface area contributed by atoms with Gasteiger partial charge in [-0.05, 0) is 19.1 Å². The van der Waals surface area contributed by atoms with Gasteiger partial charge in [0.15, 0.2) is 0 Å². The van der Waals surface area contributed by atoms with E-state index in [1.807, 2.05) is 0 Å². The summed E-state index contributed by atoms with van der Waals surface area (Å²) in [5.74, 6) is -0.925. The highest BCUT2D eigenvalue weighted by atomic mass is 16.6. The van der Waals surface area contributed by atoms with Crippen molar-refractivity contribution in [2.45, 2.75) is 13.3 Å². The van der Waals surface area contributed by atoms with Crippen LogP contribution >= 0.6 is 0 Å². The molecule has 0 radical (unpaired) electrons. The van der Waals surface area contributed by atoms with Crippen LogP contribution in [0.15, 0.2) is 30.5 Å². The van der Waals surface area contributed by atoms with E-state index < -0.39 is 10.9 Å². The monoisotopic (exact) mass is 261 g/mol. The summed E-state index contributed by atoms with van der Waals surface area (Å²) in [6, 6.07) is 5.89. The molecule has 1 aromatic carbocycles. The SMILES string of the molecule is Cc1nn(-c2ccc([N+](=O)[O-])cc2)cc1CC(=O)O. The number of rotatable bonds is 4. The average molecular weight is 261 g/mol. The minimum atomic E-state index is -0.925. The molecule has 0 amide bonds. The zero-order chi connectivity index (χ0) is 14.0. The van der Waals surface area contributed by atoms with Crippen LogP contribution in [0, 0.1) is 17.0 Å². The Bertz CT molecular complexity index is 631. The van der Waals surface area contributed by atoms with Crippen LogP contribution in [0.3, 0.4) is 0 Å². The summed E-state index contributed by atoms with van der Waals surface area (Å²) in [6.45, 7) is 1.72. The number of nitrogens with zero attached hydrogens (tertiary/aromatic N) is 3. The van der Waals surface area contributed by atoms with Crippen LogP contribution < -0.4 is 0 Å². The third kappa shape index (κ3) is 2.76. The fourth-order valence-corrected chi connectivity index (χ4v) is 1.69. The molecule has 1 heterocycles. The molecule has 19 heavy (non-hydrogen) atoms. The molecule has 1 aromatic heterocycles. The second-order valence-electron chi connectivity index (χ2n) is 4.03. The van der Waals surface area contributed by atoms with Gasteiger partial charge in [-0.25, -0.2) is 4.68 Å². The maximum Gasteiger partial charge on any atom is 0.307 e. The highest BCUT2D eigenvalue weighted by Gasteiger charge is 2.11. The third-order valence-corrected chi connectivity index (χ3v) is 2.67. The van der Waals surface area contributed by atoms with Crippen LogP contribution in [0.2, 0.25) is 0 Å². The molecule has 2 rings (SSSR count). The molecule has 0 atom stereocenters. The topological polar surface area (TPSA) is 98.3 Å². The molecular weight excluding hydrogens is 250 g/mol. The van der Waals surface area contributed by atoms with Crippen molar-refractivity contribution in [3.05, 3.63) is 51.8 Å². The Hall–Kier alpha value is -2.70. The lowest BCUT2D eigenvalue weighted by atomic mass is 10.2. The molecule has 0 saturated carbocycles. The van der Waals surface area contributed by atoms with E-state index in [2.05, 4.69) is 5.10 Å². The largest absolute Gasteiger partial charge is 0.481 e. The zero-order valence-corrected chi connectivity index (χ0v) is 10.1. The second kappa shape index (κ2) is 4.89. The first-order valence-corrected chi connectivity index (χ1v) is 5.49. The predicted molar refractivity (Wildman–Crippen MR) is 66.3 cm³/mol. The first-order chi connectivity index (χ1) is 8.97. The first-order valence-electron chi connectivity index (χ1n) is 5.49. The van der Waals surface area contributed by atoms with Crippen LogP contribution in [-0.4, -0.2) is 25.8 Å². The van der Waals surface area contributed by atoms with Gasteiger partial charge in [-0.1, -0.05) is 0 Å². The summed E-state index contributed by atoms with van der Waals surface area (Å²) >= 11 is 0. The Morgan fingerprint density at radius 2 is 2.05 bits per heavy atom. The normalized spacial score (nSPS) is 10.4. The lowest BCUT2D eigenvalue weighted by molar-refractivity contribution is -0.384. The quantitative estimate of drug-likeness (QED) is 0.667. The van der Waals surface area contributed by atoms with Crippen molar-refractivity contribution < 1.29 is 14.8 Å². The Kier molecular flexibility index (Phi) is 3.28. The summed E-state index contributed by atoms with van der Waals surface area (Å²) in [5, 5.41) is 23.5. The molecule has 0 aliphatic rings. The lowest BCUT2D eigenvalue weighted by Gasteiger charge is -1.99. The predicted octanol–water partition coefficient (Wildman–Crippen LogP) is 1.72. The van der Waals surface area contributed by atoms with E-state index in [0.29, 0.717) is 16.9 Å². The Morgan fingerprint density at radius 1 is 1.42 bits per heavy atom. The van der Waals surface area contributed by atoms with Gasteiger partial charge >= 0.3 is 5.97 Å². The van der Waals surface area contributed by atoms with Gasteiger partial charge in [-0.2, -0.15) is 5.10 Å². The highest BCUT2D eigenvalue weighted by Crippen LogP contribution is 2.16. The van der Waals surface area contributed by atoms with E-state index in [9.17, 15) is 14.9 Å². The number of benzene rings is 1. The van der Waals surface area contributed by atoms with Gasteiger partial charge in [0.1, 0.15) is 0 Å². The molecule has 2 aromatic rings. The fourth-order valence-electron chi connectivity index (χ4n) is 1.69. The van der Waals surface area contributed by atoms with E-state index in [1.165, 1.54) is 16.8 Å². The molecule has 0 bridgehead atoms. The summed E-state index contributed by atoms with van der Waals surface area (Å²) in [4.78, 5) is 20.7. The van der Waals surface area contributed by atoms with Crippen molar-refractivity contribution in [3.8, 4) is 5.69 Å². The summed E-state index contributed by atoms with van der Waals surface area (Å²) in [6.07, 6.45) is 1.52. The number of aromatic nitrogens is 2. The molecule has 98 valence electrons. The van der Waals surface area contributed by atoms with Gasteiger partial charge in [0.2, 0.25) is 0 Å². The van der Waals surface area contributed by atoms with Crippen LogP contribution in [0.5, 0.6) is 0 Å². The van der Waals surface area contributed by atoms with Gasteiger partial charge in [-0.15, -0.1) is 0 Å². The molecular formula is C12H11N3O4. The number of aryl methyl sites for hydroxylation is 1. The standard InChI is InChI=1S/C12H11N3O4/c1-8-9(6-12(16)17)7-14(13-8)10-2-4-11(5-3-10)15(18)19/h2-5,7H,6H2,1H3,(H,16,17). The smallest absolute Gasteiger partial charge is 0.307 e. The summed E-state index contributed by atoms with van der Waals surface area (Å²) in [7, 11) is 0. The van der Waals surface area contributed by atoms with Crippen LogP contribution in [0.25, 0.3) is 5.69 Å². The zero-order valence-electron chi connectivity index (χ0n) is 10.1. The summed E-state index contributed by atoms with van der Waals surface area (Å²) in [5.41, 5.74) is 1.88. The molecule has 0 spiro atoms. The third-order valence-electron chi connectivity index (χ3n) is 2.67.